The van der Waals surface area contributed by atoms with Gasteiger partial charge in [-0.05, 0) is 35.9 Å². The Kier molecular flexibility index (Phi) is 4.68. The van der Waals surface area contributed by atoms with Gasteiger partial charge in [0.2, 0.25) is 5.91 Å². The number of hydrogen-bond donors (Lipinski definition) is 0. The molecule has 1 saturated heterocycles. The molecule has 2 heterocycles. The van der Waals surface area contributed by atoms with Crippen LogP contribution in [0.4, 0.5) is 0 Å². The van der Waals surface area contributed by atoms with Gasteiger partial charge in [0.1, 0.15) is 0 Å². The van der Waals surface area contributed by atoms with Crippen molar-refractivity contribution in [3.8, 4) is 0 Å². The van der Waals surface area contributed by atoms with Crippen LogP contribution in [0.3, 0.4) is 0 Å². The number of imide groups is 1. The van der Waals surface area contributed by atoms with Crippen LogP contribution in [0.15, 0.2) is 57.4 Å². The fraction of sp³-hybridized carbons (Fsp3) is 0.125. The minimum absolute atomic E-state index is 0.199. The van der Waals surface area contributed by atoms with Gasteiger partial charge in [-0.2, -0.15) is 16.4 Å². The van der Waals surface area contributed by atoms with Gasteiger partial charge >= 0.3 is 0 Å². The first-order valence-electron chi connectivity index (χ1n) is 6.87. The first-order valence-corrected chi connectivity index (χ1v) is 8.79. The van der Waals surface area contributed by atoms with Crippen molar-refractivity contribution in [1.82, 2.24) is 4.90 Å². The molecular weight excluding hydrogens is 330 g/mol. The van der Waals surface area contributed by atoms with E-state index in [0.717, 1.165) is 16.2 Å². The van der Waals surface area contributed by atoms with Crippen LogP contribution in [0.5, 0.6) is 0 Å². The van der Waals surface area contributed by atoms with E-state index in [1.807, 2.05) is 29.8 Å². The Bertz CT molecular complexity index is 783. The number of thiophene rings is 1. The lowest BCUT2D eigenvalue weighted by Gasteiger charge is -2.13. The van der Waals surface area contributed by atoms with E-state index in [2.05, 4.69) is 10.2 Å². The van der Waals surface area contributed by atoms with Gasteiger partial charge in [-0.3, -0.25) is 9.59 Å². The predicted octanol–water partition coefficient (Wildman–Crippen LogP) is 3.24. The Morgan fingerprint density at radius 3 is 2.65 bits per heavy atom. The lowest BCUT2D eigenvalue weighted by Crippen LogP contribution is -2.35. The number of thioether (sulfide) groups is 1. The smallest absolute Gasteiger partial charge is 0.266 e. The van der Waals surface area contributed by atoms with Crippen molar-refractivity contribution in [3.05, 3.63) is 58.3 Å². The summed E-state index contributed by atoms with van der Waals surface area (Å²) in [7, 11) is 0. The maximum atomic E-state index is 12.5. The van der Waals surface area contributed by atoms with E-state index in [1.54, 1.807) is 35.6 Å². The SMILES string of the molecule is C/C(=N/N=C1/SCC(=O)N1C(=O)c1ccccc1)c1ccsc1. The van der Waals surface area contributed by atoms with Crippen LogP contribution >= 0.6 is 23.1 Å². The zero-order valence-corrected chi connectivity index (χ0v) is 13.9. The third-order valence-electron chi connectivity index (χ3n) is 3.21. The summed E-state index contributed by atoms with van der Waals surface area (Å²) in [6.45, 7) is 1.84. The van der Waals surface area contributed by atoms with Gasteiger partial charge in [-0.15, -0.1) is 5.10 Å². The molecular formula is C16H13N3O2S2. The van der Waals surface area contributed by atoms with Gasteiger partial charge in [-0.25, -0.2) is 4.90 Å². The zero-order chi connectivity index (χ0) is 16.2. The highest BCUT2D eigenvalue weighted by Crippen LogP contribution is 2.22. The molecule has 3 rings (SSSR count). The molecule has 1 aromatic carbocycles. The standard InChI is InChI=1S/C16H13N3O2S2/c1-11(13-7-8-22-9-13)17-18-16-19(14(20)10-23-16)15(21)12-5-3-2-4-6-12/h2-9H,10H2,1H3/b17-11-,18-16+. The molecule has 0 aliphatic carbocycles. The molecule has 1 aliphatic rings. The van der Waals surface area contributed by atoms with Crippen molar-refractivity contribution < 1.29 is 9.59 Å². The average Bonchev–Trinajstić information content (AvgIpc) is 3.23. The Morgan fingerprint density at radius 2 is 1.96 bits per heavy atom. The summed E-state index contributed by atoms with van der Waals surface area (Å²) >= 11 is 2.80. The van der Waals surface area contributed by atoms with E-state index in [-0.39, 0.29) is 17.6 Å². The summed E-state index contributed by atoms with van der Waals surface area (Å²) in [5.74, 6) is -0.446. The monoisotopic (exact) mass is 343 g/mol. The van der Waals surface area contributed by atoms with Gasteiger partial charge in [0.05, 0.1) is 11.5 Å². The fourth-order valence-electron chi connectivity index (χ4n) is 1.99. The minimum Gasteiger partial charge on any atom is -0.273 e. The molecule has 2 aromatic rings. The zero-order valence-electron chi connectivity index (χ0n) is 12.3. The minimum atomic E-state index is -0.372. The highest BCUT2D eigenvalue weighted by atomic mass is 32.2. The highest BCUT2D eigenvalue weighted by Gasteiger charge is 2.34. The van der Waals surface area contributed by atoms with Crippen LogP contribution in [0.2, 0.25) is 0 Å². The van der Waals surface area contributed by atoms with E-state index in [0.29, 0.717) is 10.7 Å². The van der Waals surface area contributed by atoms with Gasteiger partial charge in [0.25, 0.3) is 5.91 Å². The number of carbonyl (C=O) groups excluding carboxylic acids is 2. The number of nitrogens with zero attached hydrogens (tertiary/aromatic N) is 3. The quantitative estimate of drug-likeness (QED) is 0.488. The van der Waals surface area contributed by atoms with Crippen LogP contribution in [0, 0.1) is 0 Å². The van der Waals surface area contributed by atoms with Crippen molar-refractivity contribution in [3.63, 3.8) is 0 Å². The molecule has 0 N–H and O–H groups in total. The maximum Gasteiger partial charge on any atom is 0.266 e. The van der Waals surface area contributed by atoms with Crippen molar-refractivity contribution in [1.29, 1.82) is 0 Å². The van der Waals surface area contributed by atoms with Crippen LogP contribution in [0.25, 0.3) is 0 Å². The molecule has 0 saturated carbocycles. The molecule has 1 aliphatic heterocycles. The molecule has 1 aromatic heterocycles. The second kappa shape index (κ2) is 6.89. The average molecular weight is 343 g/mol. The Morgan fingerprint density at radius 1 is 1.17 bits per heavy atom. The summed E-state index contributed by atoms with van der Waals surface area (Å²) in [5.41, 5.74) is 2.18. The molecule has 23 heavy (non-hydrogen) atoms. The third kappa shape index (κ3) is 3.40. The van der Waals surface area contributed by atoms with E-state index in [1.165, 1.54) is 11.8 Å². The normalized spacial score (nSPS) is 17.1. The predicted molar refractivity (Wildman–Crippen MR) is 94.0 cm³/mol. The number of carbonyl (C=O) groups is 2. The van der Waals surface area contributed by atoms with Crippen molar-refractivity contribution in [2.45, 2.75) is 6.92 Å². The van der Waals surface area contributed by atoms with Crippen molar-refractivity contribution in [2.24, 2.45) is 10.2 Å². The number of rotatable bonds is 3. The van der Waals surface area contributed by atoms with Crippen LogP contribution in [-0.2, 0) is 4.79 Å². The lowest BCUT2D eigenvalue weighted by molar-refractivity contribution is -0.122. The summed E-state index contributed by atoms with van der Waals surface area (Å²) in [6, 6.07) is 10.6. The second-order valence-electron chi connectivity index (χ2n) is 4.77. The number of hydrogen-bond acceptors (Lipinski definition) is 6. The summed E-state index contributed by atoms with van der Waals surface area (Å²) < 4.78 is 0. The van der Waals surface area contributed by atoms with E-state index < -0.39 is 0 Å². The molecule has 0 spiro atoms. The van der Waals surface area contributed by atoms with Crippen molar-refractivity contribution >= 4 is 45.8 Å². The molecule has 2 amide bonds. The Labute approximate surface area is 141 Å². The lowest BCUT2D eigenvalue weighted by atomic mass is 10.2. The summed E-state index contributed by atoms with van der Waals surface area (Å²) in [5, 5.41) is 12.5. The second-order valence-corrected chi connectivity index (χ2v) is 6.49. The molecule has 0 bridgehead atoms. The summed E-state index contributed by atoms with van der Waals surface area (Å²) in [4.78, 5) is 25.6. The molecule has 116 valence electrons. The van der Waals surface area contributed by atoms with E-state index in [4.69, 9.17) is 0 Å². The molecule has 1 fully saturated rings. The van der Waals surface area contributed by atoms with Crippen LogP contribution in [0.1, 0.15) is 22.8 Å². The van der Waals surface area contributed by atoms with Crippen molar-refractivity contribution in [2.75, 3.05) is 5.75 Å². The fourth-order valence-corrected chi connectivity index (χ4v) is 3.48. The Hall–Kier alpha value is -2.25. The maximum absolute atomic E-state index is 12.5. The third-order valence-corrected chi connectivity index (χ3v) is 4.81. The topological polar surface area (TPSA) is 62.1 Å². The Balaban J connectivity index is 1.87. The molecule has 0 radical (unpaired) electrons. The molecule has 5 nitrogen and oxygen atoms in total. The number of amidine groups is 1. The van der Waals surface area contributed by atoms with Gasteiger partial charge in [0, 0.05) is 11.1 Å². The largest absolute Gasteiger partial charge is 0.273 e. The number of amides is 2. The number of benzene rings is 1. The highest BCUT2D eigenvalue weighted by molar-refractivity contribution is 8.15. The first-order chi connectivity index (χ1) is 11.2. The van der Waals surface area contributed by atoms with Gasteiger partial charge in [0.15, 0.2) is 5.17 Å². The molecule has 0 unspecified atom stereocenters. The van der Waals surface area contributed by atoms with Crippen LogP contribution in [-0.4, -0.2) is 33.3 Å². The van der Waals surface area contributed by atoms with Gasteiger partial charge < -0.3 is 0 Å². The first kappa shape index (κ1) is 15.6. The van der Waals surface area contributed by atoms with E-state index in [9.17, 15) is 9.59 Å². The molecule has 0 atom stereocenters. The molecule has 7 heteroatoms. The van der Waals surface area contributed by atoms with Gasteiger partial charge in [-0.1, -0.05) is 30.0 Å². The summed E-state index contributed by atoms with van der Waals surface area (Å²) in [6.07, 6.45) is 0. The van der Waals surface area contributed by atoms with E-state index >= 15 is 0 Å². The van der Waals surface area contributed by atoms with Crippen LogP contribution < -0.4 is 0 Å².